The van der Waals surface area contributed by atoms with Gasteiger partial charge in [0.25, 0.3) is 5.91 Å². The minimum atomic E-state index is -3.44. The molecule has 0 aliphatic rings. The molecule has 2 aromatic carbocycles. The van der Waals surface area contributed by atoms with Crippen LogP contribution in [-0.2, 0) is 16.6 Å². The van der Waals surface area contributed by atoms with E-state index < -0.39 is 15.8 Å². The summed E-state index contributed by atoms with van der Waals surface area (Å²) in [6.45, 7) is -0.00588. The number of carbonyl (C=O) groups is 1. The van der Waals surface area contributed by atoms with E-state index >= 15 is 0 Å². The number of rotatable bonds is 5. The summed E-state index contributed by atoms with van der Waals surface area (Å²) in [5, 5.41) is 0.238. The highest BCUT2D eigenvalue weighted by Crippen LogP contribution is 2.21. The second-order valence-corrected chi connectivity index (χ2v) is 7.47. The highest BCUT2D eigenvalue weighted by Gasteiger charge is 2.16. The first-order valence-corrected chi connectivity index (χ1v) is 9.20. The van der Waals surface area contributed by atoms with Gasteiger partial charge in [0.05, 0.1) is 6.26 Å². The van der Waals surface area contributed by atoms with Crippen molar-refractivity contribution < 1.29 is 17.6 Å². The van der Waals surface area contributed by atoms with Gasteiger partial charge in [0.1, 0.15) is 5.82 Å². The number of hydrogen-bond donors (Lipinski definition) is 1. The van der Waals surface area contributed by atoms with Gasteiger partial charge in [0, 0.05) is 35.4 Å². The molecule has 0 saturated heterocycles. The monoisotopic (exact) mass is 370 g/mol. The number of sulfonamides is 1. The summed E-state index contributed by atoms with van der Waals surface area (Å²) in [4.78, 5) is 13.8. The van der Waals surface area contributed by atoms with Crippen LogP contribution >= 0.6 is 11.6 Å². The Morgan fingerprint density at radius 3 is 2.54 bits per heavy atom. The maximum Gasteiger partial charge on any atom is 0.253 e. The average molecular weight is 371 g/mol. The van der Waals surface area contributed by atoms with Crippen LogP contribution in [0.5, 0.6) is 0 Å². The fourth-order valence-electron chi connectivity index (χ4n) is 2.14. The van der Waals surface area contributed by atoms with Crippen LogP contribution in [0.15, 0.2) is 42.5 Å². The van der Waals surface area contributed by atoms with Crippen molar-refractivity contribution in [2.45, 2.75) is 6.54 Å². The van der Waals surface area contributed by atoms with Gasteiger partial charge < -0.3 is 4.90 Å². The predicted molar refractivity (Wildman–Crippen MR) is 92.1 cm³/mol. The molecule has 128 valence electrons. The van der Waals surface area contributed by atoms with Crippen molar-refractivity contribution in [1.29, 1.82) is 0 Å². The van der Waals surface area contributed by atoms with E-state index in [1.54, 1.807) is 18.2 Å². The van der Waals surface area contributed by atoms with E-state index in [2.05, 4.69) is 4.72 Å². The summed E-state index contributed by atoms with van der Waals surface area (Å²) in [6.07, 6.45) is 1.02. The van der Waals surface area contributed by atoms with Crippen molar-refractivity contribution in [2.75, 3.05) is 18.0 Å². The molecule has 5 nitrogen and oxygen atoms in total. The molecule has 1 N–H and O–H groups in total. The Kier molecular flexibility index (Phi) is 5.46. The first-order chi connectivity index (χ1) is 11.2. The summed E-state index contributed by atoms with van der Waals surface area (Å²) in [5.41, 5.74) is 0.778. The lowest BCUT2D eigenvalue weighted by molar-refractivity contribution is 0.0784. The third kappa shape index (κ3) is 4.69. The van der Waals surface area contributed by atoms with E-state index in [1.165, 1.54) is 36.2 Å². The Morgan fingerprint density at radius 2 is 1.92 bits per heavy atom. The molecule has 8 heteroatoms. The summed E-state index contributed by atoms with van der Waals surface area (Å²) >= 11 is 5.97. The van der Waals surface area contributed by atoms with Gasteiger partial charge >= 0.3 is 0 Å². The second kappa shape index (κ2) is 7.19. The van der Waals surface area contributed by atoms with E-state index in [9.17, 15) is 17.6 Å². The molecule has 24 heavy (non-hydrogen) atoms. The third-order valence-electron chi connectivity index (χ3n) is 3.22. The average Bonchev–Trinajstić information content (AvgIpc) is 2.48. The number of carbonyl (C=O) groups excluding carboxylic acids is 1. The highest BCUT2D eigenvalue weighted by atomic mass is 35.5. The molecule has 0 bridgehead atoms. The Bertz CT molecular complexity index is 851. The van der Waals surface area contributed by atoms with Crippen LogP contribution in [0, 0.1) is 5.82 Å². The summed E-state index contributed by atoms with van der Waals surface area (Å²) in [5.74, 6) is -0.874. The van der Waals surface area contributed by atoms with Crippen molar-refractivity contribution in [3.05, 3.63) is 64.4 Å². The summed E-state index contributed by atoms with van der Waals surface area (Å²) in [6, 6.07) is 10.4. The van der Waals surface area contributed by atoms with Gasteiger partial charge in [-0.25, -0.2) is 12.8 Å². The quantitative estimate of drug-likeness (QED) is 0.879. The summed E-state index contributed by atoms with van der Waals surface area (Å²) < 4.78 is 38.7. The first kappa shape index (κ1) is 18.2. The van der Waals surface area contributed by atoms with Crippen molar-refractivity contribution in [3.63, 3.8) is 0 Å². The van der Waals surface area contributed by atoms with Crippen molar-refractivity contribution in [3.8, 4) is 0 Å². The topological polar surface area (TPSA) is 66.5 Å². The predicted octanol–water partition coefficient (Wildman–Crippen LogP) is 3.12. The zero-order chi connectivity index (χ0) is 17.9. The van der Waals surface area contributed by atoms with Crippen molar-refractivity contribution >= 4 is 33.2 Å². The molecule has 2 aromatic rings. The van der Waals surface area contributed by atoms with E-state index in [-0.39, 0.29) is 34.3 Å². The van der Waals surface area contributed by atoms with Crippen LogP contribution in [0.2, 0.25) is 5.02 Å². The van der Waals surface area contributed by atoms with Crippen LogP contribution in [0.3, 0.4) is 0 Å². The molecule has 0 aromatic heterocycles. The fourth-order valence-corrected chi connectivity index (χ4v) is 2.92. The van der Waals surface area contributed by atoms with Gasteiger partial charge in [-0.15, -0.1) is 0 Å². The largest absolute Gasteiger partial charge is 0.337 e. The van der Waals surface area contributed by atoms with Gasteiger partial charge in [-0.3, -0.25) is 9.52 Å². The molecule has 0 aliphatic heterocycles. The molecule has 0 fully saturated rings. The molecule has 0 heterocycles. The lowest BCUT2D eigenvalue weighted by Crippen LogP contribution is -2.27. The minimum Gasteiger partial charge on any atom is -0.337 e. The van der Waals surface area contributed by atoms with Crippen LogP contribution < -0.4 is 4.72 Å². The number of nitrogens with one attached hydrogen (secondary N) is 1. The van der Waals surface area contributed by atoms with Gasteiger partial charge in [0.2, 0.25) is 10.0 Å². The number of anilines is 1. The maximum absolute atomic E-state index is 13.8. The normalized spacial score (nSPS) is 11.2. The number of amides is 1. The standard InChI is InChI=1S/C16H16ClFN2O3S/c1-20(10-13-14(17)7-4-8-15(13)18)16(21)11-5-3-6-12(9-11)19-24(2,22)23/h3-9,19H,10H2,1-2H3. The molecule has 0 saturated carbocycles. The molecule has 0 radical (unpaired) electrons. The molecule has 0 atom stereocenters. The van der Waals surface area contributed by atoms with E-state index in [4.69, 9.17) is 11.6 Å². The Labute approximate surface area is 145 Å². The van der Waals surface area contributed by atoms with E-state index in [0.29, 0.717) is 0 Å². The first-order valence-electron chi connectivity index (χ1n) is 6.93. The van der Waals surface area contributed by atoms with Gasteiger partial charge in [0.15, 0.2) is 0 Å². The van der Waals surface area contributed by atoms with Crippen LogP contribution in [0.1, 0.15) is 15.9 Å². The molecule has 0 unspecified atom stereocenters. The van der Waals surface area contributed by atoms with Gasteiger partial charge in [-0.1, -0.05) is 23.7 Å². The second-order valence-electron chi connectivity index (χ2n) is 5.32. The lowest BCUT2D eigenvalue weighted by atomic mass is 10.1. The Balaban J connectivity index is 2.21. The third-order valence-corrected chi connectivity index (χ3v) is 4.18. The minimum absolute atomic E-state index is 0.00588. The van der Waals surface area contributed by atoms with E-state index in [0.717, 1.165) is 6.26 Å². The molecular formula is C16H16ClFN2O3S. The number of benzene rings is 2. The van der Waals surface area contributed by atoms with Gasteiger partial charge in [-0.05, 0) is 30.3 Å². The molecule has 0 spiro atoms. The summed E-state index contributed by atoms with van der Waals surface area (Å²) in [7, 11) is -1.93. The molecule has 2 rings (SSSR count). The van der Waals surface area contributed by atoms with Crippen LogP contribution in [0.4, 0.5) is 10.1 Å². The fraction of sp³-hybridized carbons (Fsp3) is 0.188. The molecule has 1 amide bonds. The molecular weight excluding hydrogens is 355 g/mol. The zero-order valence-corrected chi connectivity index (χ0v) is 14.7. The Morgan fingerprint density at radius 1 is 1.25 bits per heavy atom. The lowest BCUT2D eigenvalue weighted by Gasteiger charge is -2.19. The number of nitrogens with zero attached hydrogens (tertiary/aromatic N) is 1. The van der Waals surface area contributed by atoms with Gasteiger partial charge in [-0.2, -0.15) is 0 Å². The Hall–Kier alpha value is -2.12. The number of hydrogen-bond acceptors (Lipinski definition) is 3. The van der Waals surface area contributed by atoms with E-state index in [1.807, 2.05) is 0 Å². The highest BCUT2D eigenvalue weighted by molar-refractivity contribution is 7.92. The smallest absolute Gasteiger partial charge is 0.253 e. The SMILES string of the molecule is CN(Cc1c(F)cccc1Cl)C(=O)c1cccc(NS(C)(=O)=O)c1. The molecule has 0 aliphatic carbocycles. The zero-order valence-electron chi connectivity index (χ0n) is 13.1. The maximum atomic E-state index is 13.8. The number of halogens is 2. The van der Waals surface area contributed by atoms with Crippen LogP contribution in [-0.4, -0.2) is 32.5 Å². The van der Waals surface area contributed by atoms with Crippen molar-refractivity contribution in [1.82, 2.24) is 4.90 Å². The van der Waals surface area contributed by atoms with Crippen LogP contribution in [0.25, 0.3) is 0 Å². The van der Waals surface area contributed by atoms with Crippen molar-refractivity contribution in [2.24, 2.45) is 0 Å².